The van der Waals surface area contributed by atoms with Gasteiger partial charge in [-0.15, -0.1) is 0 Å². The van der Waals surface area contributed by atoms with Gasteiger partial charge in [-0.3, -0.25) is 0 Å². The lowest BCUT2D eigenvalue weighted by Crippen LogP contribution is -2.27. The Labute approximate surface area is 105 Å². The third-order valence-electron chi connectivity index (χ3n) is 2.69. The molecule has 0 bridgehead atoms. The number of esters is 1. The van der Waals surface area contributed by atoms with Crippen LogP contribution >= 0.6 is 0 Å². The van der Waals surface area contributed by atoms with Crippen LogP contribution in [0.4, 0.5) is 0 Å². The van der Waals surface area contributed by atoms with Crippen molar-refractivity contribution in [1.82, 2.24) is 0 Å². The molecule has 3 nitrogen and oxygen atoms in total. The third kappa shape index (κ3) is 7.16. The van der Waals surface area contributed by atoms with Crippen molar-refractivity contribution in [2.24, 2.45) is 11.8 Å². The number of carbonyl (C=O) groups excluding carboxylic acids is 1. The number of aliphatic hydroxyl groups excluding tert-OH is 1. The Morgan fingerprint density at radius 2 is 2.00 bits per heavy atom. The summed E-state index contributed by atoms with van der Waals surface area (Å²) in [7, 11) is 0. The quantitative estimate of drug-likeness (QED) is 0.526. The van der Waals surface area contributed by atoms with E-state index in [-0.39, 0.29) is 18.5 Å². The first-order chi connectivity index (χ1) is 7.88. The number of hydrogen-bond donors (Lipinski definition) is 1. The van der Waals surface area contributed by atoms with E-state index in [1.807, 2.05) is 0 Å². The van der Waals surface area contributed by atoms with E-state index in [2.05, 4.69) is 27.4 Å². The zero-order chi connectivity index (χ0) is 13.4. The Hall–Kier alpha value is -0.830. The van der Waals surface area contributed by atoms with Crippen molar-refractivity contribution in [3.8, 4) is 0 Å². The van der Waals surface area contributed by atoms with Crippen LogP contribution in [0.3, 0.4) is 0 Å². The predicted octanol–water partition coefficient (Wildman–Crippen LogP) is 2.93. The molecular formula is C14H26O3. The van der Waals surface area contributed by atoms with Crippen molar-refractivity contribution >= 4 is 5.97 Å². The van der Waals surface area contributed by atoms with Crippen LogP contribution in [-0.2, 0) is 9.53 Å². The summed E-state index contributed by atoms with van der Waals surface area (Å²) in [4.78, 5) is 11.3. The van der Waals surface area contributed by atoms with E-state index in [0.717, 1.165) is 19.3 Å². The molecule has 0 heterocycles. The van der Waals surface area contributed by atoms with Gasteiger partial charge in [0.25, 0.3) is 0 Å². The van der Waals surface area contributed by atoms with E-state index in [0.29, 0.717) is 11.5 Å². The van der Waals surface area contributed by atoms with Gasteiger partial charge in [-0.25, -0.2) is 4.79 Å². The zero-order valence-electron chi connectivity index (χ0n) is 11.5. The van der Waals surface area contributed by atoms with Crippen LogP contribution in [0.15, 0.2) is 12.2 Å². The fraction of sp³-hybridized carbons (Fsp3) is 0.786. The molecule has 0 aromatic rings. The maximum Gasteiger partial charge on any atom is 0.333 e. The Kier molecular flexibility index (Phi) is 7.88. The Morgan fingerprint density at radius 3 is 2.41 bits per heavy atom. The van der Waals surface area contributed by atoms with Crippen molar-refractivity contribution in [2.45, 2.75) is 53.1 Å². The second-order valence-electron chi connectivity index (χ2n) is 5.12. The second-order valence-corrected chi connectivity index (χ2v) is 5.12. The van der Waals surface area contributed by atoms with E-state index >= 15 is 0 Å². The van der Waals surface area contributed by atoms with Gasteiger partial charge in [-0.2, -0.15) is 0 Å². The van der Waals surface area contributed by atoms with E-state index < -0.39 is 6.10 Å². The maximum atomic E-state index is 11.3. The minimum Gasteiger partial charge on any atom is -0.462 e. The number of carbonyl (C=O) groups is 1. The van der Waals surface area contributed by atoms with Crippen LogP contribution in [0, 0.1) is 11.8 Å². The molecule has 0 saturated heterocycles. The van der Waals surface area contributed by atoms with Crippen molar-refractivity contribution in [3.63, 3.8) is 0 Å². The summed E-state index contributed by atoms with van der Waals surface area (Å²) in [5.41, 5.74) is 0.401. The van der Waals surface area contributed by atoms with Crippen LogP contribution in [0.5, 0.6) is 0 Å². The highest BCUT2D eigenvalue weighted by atomic mass is 16.5. The molecule has 2 unspecified atom stereocenters. The molecule has 0 rings (SSSR count). The second kappa shape index (κ2) is 8.29. The molecule has 100 valence electrons. The highest BCUT2D eigenvalue weighted by molar-refractivity contribution is 5.86. The number of hydrogen-bond acceptors (Lipinski definition) is 3. The molecule has 2 atom stereocenters. The summed E-state index contributed by atoms with van der Waals surface area (Å²) in [6.07, 6.45) is 2.20. The van der Waals surface area contributed by atoms with E-state index in [4.69, 9.17) is 4.74 Å². The molecule has 0 spiro atoms. The minimum atomic E-state index is -0.395. The highest BCUT2D eigenvalue weighted by Gasteiger charge is 2.21. The molecular weight excluding hydrogens is 216 g/mol. The molecule has 1 N–H and O–H groups in total. The summed E-state index contributed by atoms with van der Waals surface area (Å²) in [5.74, 6) is 0.106. The van der Waals surface area contributed by atoms with Gasteiger partial charge in [0, 0.05) is 11.5 Å². The van der Waals surface area contributed by atoms with Gasteiger partial charge in [0.1, 0.15) is 0 Å². The van der Waals surface area contributed by atoms with E-state index in [1.54, 1.807) is 6.92 Å². The summed E-state index contributed by atoms with van der Waals surface area (Å²) >= 11 is 0. The predicted molar refractivity (Wildman–Crippen MR) is 69.6 cm³/mol. The van der Waals surface area contributed by atoms with Crippen LogP contribution in [0.1, 0.15) is 47.0 Å². The van der Waals surface area contributed by atoms with E-state index in [1.165, 1.54) is 0 Å². The normalized spacial score (nSPS) is 14.5. The summed E-state index contributed by atoms with van der Waals surface area (Å²) in [5, 5.41) is 10.0. The smallest absolute Gasteiger partial charge is 0.333 e. The molecule has 17 heavy (non-hydrogen) atoms. The first kappa shape index (κ1) is 16.2. The maximum absolute atomic E-state index is 11.3. The molecule has 0 saturated carbocycles. The highest BCUT2D eigenvalue weighted by Crippen LogP contribution is 2.19. The van der Waals surface area contributed by atoms with Gasteiger partial charge < -0.3 is 9.84 Å². The van der Waals surface area contributed by atoms with Gasteiger partial charge in [-0.05, 0) is 25.7 Å². The minimum absolute atomic E-state index is 0.0331. The molecule has 3 heteroatoms. The lowest BCUT2D eigenvalue weighted by Gasteiger charge is -2.23. The lowest BCUT2D eigenvalue weighted by atomic mass is 9.92. The number of aliphatic hydroxyl groups is 1. The average Bonchev–Trinajstić information content (AvgIpc) is 2.22. The monoisotopic (exact) mass is 242 g/mol. The lowest BCUT2D eigenvalue weighted by molar-refractivity contribution is -0.141. The Balaban J connectivity index is 4.22. The van der Waals surface area contributed by atoms with Crippen molar-refractivity contribution < 1.29 is 14.6 Å². The number of ether oxygens (including phenoxy) is 1. The molecule has 0 amide bonds. The topological polar surface area (TPSA) is 46.5 Å². The first-order valence-electron chi connectivity index (χ1n) is 6.39. The van der Waals surface area contributed by atoms with Crippen molar-refractivity contribution in [1.29, 1.82) is 0 Å². The Morgan fingerprint density at radius 1 is 1.41 bits per heavy atom. The van der Waals surface area contributed by atoms with Gasteiger partial charge in [0.2, 0.25) is 0 Å². The number of rotatable bonds is 8. The van der Waals surface area contributed by atoms with Crippen LogP contribution in [-0.4, -0.2) is 23.8 Å². The van der Waals surface area contributed by atoms with Crippen molar-refractivity contribution in [2.75, 3.05) is 6.61 Å². The van der Waals surface area contributed by atoms with E-state index in [9.17, 15) is 9.90 Å². The first-order valence-corrected chi connectivity index (χ1v) is 6.39. The van der Waals surface area contributed by atoms with Gasteiger partial charge in [0.15, 0.2) is 0 Å². The molecule has 0 aliphatic carbocycles. The molecule has 0 aliphatic heterocycles. The fourth-order valence-corrected chi connectivity index (χ4v) is 1.74. The Bertz CT molecular complexity index is 246. The summed E-state index contributed by atoms with van der Waals surface area (Å²) in [6.45, 7) is 11.7. The molecule has 0 aromatic heterocycles. The molecule has 0 aromatic carbocycles. The molecule has 0 aliphatic rings. The largest absolute Gasteiger partial charge is 0.462 e. The van der Waals surface area contributed by atoms with Gasteiger partial charge in [0.05, 0.1) is 12.7 Å². The van der Waals surface area contributed by atoms with Gasteiger partial charge >= 0.3 is 5.97 Å². The average molecular weight is 242 g/mol. The van der Waals surface area contributed by atoms with Crippen LogP contribution in [0.25, 0.3) is 0 Å². The zero-order valence-corrected chi connectivity index (χ0v) is 11.5. The van der Waals surface area contributed by atoms with Crippen LogP contribution < -0.4 is 0 Å². The standard InChI is InChI=1S/C14H26O3/c1-6-7-12(13(15)8-10(2)3)9-17-14(16)11(4)5/h10,12-13,15H,4,6-9H2,1-3,5H3. The van der Waals surface area contributed by atoms with Crippen LogP contribution in [0.2, 0.25) is 0 Å². The molecule has 0 fully saturated rings. The SMILES string of the molecule is C=C(C)C(=O)OCC(CCC)C(O)CC(C)C. The van der Waals surface area contributed by atoms with Crippen molar-refractivity contribution in [3.05, 3.63) is 12.2 Å². The molecule has 0 radical (unpaired) electrons. The summed E-state index contributed by atoms with van der Waals surface area (Å²) < 4.78 is 5.12. The van der Waals surface area contributed by atoms with Gasteiger partial charge in [-0.1, -0.05) is 33.8 Å². The summed E-state index contributed by atoms with van der Waals surface area (Å²) in [6, 6.07) is 0. The third-order valence-corrected chi connectivity index (χ3v) is 2.69. The fourth-order valence-electron chi connectivity index (χ4n) is 1.74.